The molecule has 0 saturated heterocycles. The molecule has 78 valence electrons. The fourth-order valence-electron chi connectivity index (χ4n) is 1.30. The molecule has 0 N–H and O–H groups in total. The maximum absolute atomic E-state index is 13.4. The Morgan fingerprint density at radius 3 is 2.93 bits per heavy atom. The number of nitrogens with zero attached hydrogens (tertiary/aromatic N) is 2. The van der Waals surface area contributed by atoms with E-state index in [4.69, 9.17) is 16.3 Å². The maximum Gasteiger partial charge on any atom is 0.147 e. The van der Waals surface area contributed by atoms with Crippen molar-refractivity contribution in [3.63, 3.8) is 0 Å². The van der Waals surface area contributed by atoms with E-state index in [1.807, 2.05) is 0 Å². The first kappa shape index (κ1) is 10.6. The number of fused-ring (bicyclic) bond motifs is 1. The molecule has 1 heterocycles. The van der Waals surface area contributed by atoms with Crippen molar-refractivity contribution in [3.05, 3.63) is 27.6 Å². The Hall–Kier alpha value is -0.940. The molecular formula is C9H5BrClFN2O. The third kappa shape index (κ3) is 1.66. The normalized spacial score (nSPS) is 10.7. The van der Waals surface area contributed by atoms with E-state index in [1.165, 1.54) is 19.4 Å². The van der Waals surface area contributed by atoms with Crippen LogP contribution in [0.2, 0.25) is 5.02 Å². The first-order valence-corrected chi connectivity index (χ1v) is 5.15. The van der Waals surface area contributed by atoms with Gasteiger partial charge in [0.05, 0.1) is 28.2 Å². The highest BCUT2D eigenvalue weighted by Crippen LogP contribution is 2.38. The lowest BCUT2D eigenvalue weighted by Gasteiger charge is -2.08. The number of hydrogen-bond acceptors (Lipinski definition) is 3. The molecule has 0 saturated carbocycles. The van der Waals surface area contributed by atoms with E-state index in [9.17, 15) is 4.39 Å². The van der Waals surface area contributed by atoms with Crippen LogP contribution in [0.4, 0.5) is 4.39 Å². The molecule has 0 bridgehead atoms. The molecule has 0 unspecified atom stereocenters. The van der Waals surface area contributed by atoms with Crippen molar-refractivity contribution in [2.24, 2.45) is 0 Å². The minimum Gasteiger partial charge on any atom is -0.495 e. The second-order valence-corrected chi connectivity index (χ2v) is 3.99. The molecule has 2 aromatic rings. The van der Waals surface area contributed by atoms with Crippen LogP contribution >= 0.6 is 27.5 Å². The molecule has 0 aliphatic rings. The Labute approximate surface area is 98.3 Å². The molecule has 0 fully saturated rings. The van der Waals surface area contributed by atoms with Crippen LogP contribution in [0, 0.1) is 5.82 Å². The first-order valence-electron chi connectivity index (χ1n) is 3.98. The summed E-state index contributed by atoms with van der Waals surface area (Å²) >= 11 is 9.03. The van der Waals surface area contributed by atoms with E-state index in [2.05, 4.69) is 26.1 Å². The van der Waals surface area contributed by atoms with Gasteiger partial charge in [-0.25, -0.2) is 4.39 Å². The SMILES string of the molecule is COc1c(Br)c(F)cc2nncc(Cl)c12. The Kier molecular flexibility index (Phi) is 2.75. The molecule has 1 aromatic carbocycles. The van der Waals surface area contributed by atoms with Gasteiger partial charge in [-0.1, -0.05) is 11.6 Å². The van der Waals surface area contributed by atoms with Crippen molar-refractivity contribution in [3.8, 4) is 5.75 Å². The molecule has 0 atom stereocenters. The van der Waals surface area contributed by atoms with E-state index < -0.39 is 5.82 Å². The average molecular weight is 292 g/mol. The minimum absolute atomic E-state index is 0.229. The van der Waals surface area contributed by atoms with E-state index in [1.54, 1.807) is 0 Å². The minimum atomic E-state index is -0.462. The molecule has 3 nitrogen and oxygen atoms in total. The molecule has 0 aliphatic heterocycles. The van der Waals surface area contributed by atoms with E-state index in [-0.39, 0.29) is 4.47 Å². The van der Waals surface area contributed by atoms with Gasteiger partial charge in [0.2, 0.25) is 0 Å². The number of aromatic nitrogens is 2. The topological polar surface area (TPSA) is 35.0 Å². The van der Waals surface area contributed by atoms with Crippen molar-refractivity contribution >= 4 is 38.4 Å². The second kappa shape index (κ2) is 3.90. The van der Waals surface area contributed by atoms with Gasteiger partial charge in [-0.05, 0) is 15.9 Å². The largest absolute Gasteiger partial charge is 0.495 e. The van der Waals surface area contributed by atoms with Crippen LogP contribution in [0.5, 0.6) is 5.75 Å². The number of methoxy groups -OCH3 is 1. The van der Waals surface area contributed by atoms with Crippen LogP contribution in [0.25, 0.3) is 10.9 Å². The molecule has 2 rings (SSSR count). The molecule has 0 radical (unpaired) electrons. The molecule has 0 aliphatic carbocycles. The van der Waals surface area contributed by atoms with Gasteiger partial charge in [-0.15, -0.1) is 0 Å². The lowest BCUT2D eigenvalue weighted by atomic mass is 10.2. The highest BCUT2D eigenvalue weighted by Gasteiger charge is 2.15. The van der Waals surface area contributed by atoms with Crippen LogP contribution in [0.3, 0.4) is 0 Å². The highest BCUT2D eigenvalue weighted by atomic mass is 79.9. The van der Waals surface area contributed by atoms with Gasteiger partial charge in [0, 0.05) is 6.07 Å². The molecule has 6 heteroatoms. The molecule has 0 spiro atoms. The van der Waals surface area contributed by atoms with Gasteiger partial charge >= 0.3 is 0 Å². The zero-order valence-electron chi connectivity index (χ0n) is 7.59. The van der Waals surface area contributed by atoms with E-state index in [0.29, 0.717) is 21.7 Å². The summed E-state index contributed by atoms with van der Waals surface area (Å²) in [5, 5.41) is 8.33. The summed E-state index contributed by atoms with van der Waals surface area (Å²) in [4.78, 5) is 0. The van der Waals surface area contributed by atoms with Gasteiger partial charge in [-0.2, -0.15) is 10.2 Å². The number of hydrogen-bond donors (Lipinski definition) is 0. The summed E-state index contributed by atoms with van der Waals surface area (Å²) in [5.41, 5.74) is 0.361. The highest BCUT2D eigenvalue weighted by molar-refractivity contribution is 9.10. The predicted octanol–water partition coefficient (Wildman–Crippen LogP) is 3.19. The molecule has 1 aromatic heterocycles. The standard InChI is InChI=1S/C9H5BrClFN2O/c1-15-9-7-4(11)3-13-14-6(7)2-5(12)8(9)10/h2-3H,1H3. The van der Waals surface area contributed by atoms with Crippen molar-refractivity contribution in [1.82, 2.24) is 10.2 Å². The summed E-state index contributed by atoms with van der Waals surface area (Å²) in [6.07, 6.45) is 1.39. The van der Waals surface area contributed by atoms with Crippen LogP contribution < -0.4 is 4.74 Å². The molecule has 15 heavy (non-hydrogen) atoms. The fourth-order valence-corrected chi connectivity index (χ4v) is 2.00. The first-order chi connectivity index (χ1) is 7.15. The Balaban J connectivity index is 2.96. The number of halogens is 3. The van der Waals surface area contributed by atoms with E-state index in [0.717, 1.165) is 0 Å². The predicted molar refractivity (Wildman–Crippen MR) is 58.8 cm³/mol. The van der Waals surface area contributed by atoms with Crippen LogP contribution in [-0.4, -0.2) is 17.3 Å². The summed E-state index contributed by atoms with van der Waals surface area (Å²) < 4.78 is 18.7. The van der Waals surface area contributed by atoms with Crippen molar-refractivity contribution < 1.29 is 9.13 Å². The maximum atomic E-state index is 13.4. The number of ether oxygens (including phenoxy) is 1. The van der Waals surface area contributed by atoms with Crippen LogP contribution in [0.1, 0.15) is 0 Å². The number of benzene rings is 1. The summed E-state index contributed by atoms with van der Waals surface area (Å²) in [7, 11) is 1.44. The molecular weight excluding hydrogens is 286 g/mol. The Morgan fingerprint density at radius 1 is 1.53 bits per heavy atom. The van der Waals surface area contributed by atoms with Gasteiger partial charge < -0.3 is 4.74 Å². The van der Waals surface area contributed by atoms with Crippen LogP contribution in [-0.2, 0) is 0 Å². The van der Waals surface area contributed by atoms with E-state index >= 15 is 0 Å². The average Bonchev–Trinajstić information content (AvgIpc) is 2.21. The quantitative estimate of drug-likeness (QED) is 0.809. The van der Waals surface area contributed by atoms with Gasteiger partial charge in [0.1, 0.15) is 17.1 Å². The Morgan fingerprint density at radius 2 is 2.27 bits per heavy atom. The second-order valence-electron chi connectivity index (χ2n) is 2.79. The summed E-state index contributed by atoms with van der Waals surface area (Å²) in [6.45, 7) is 0. The monoisotopic (exact) mass is 290 g/mol. The molecule has 0 amide bonds. The van der Waals surface area contributed by atoms with Crippen molar-refractivity contribution in [2.45, 2.75) is 0 Å². The van der Waals surface area contributed by atoms with Crippen molar-refractivity contribution in [1.29, 1.82) is 0 Å². The number of rotatable bonds is 1. The lowest BCUT2D eigenvalue weighted by molar-refractivity contribution is 0.413. The summed E-state index contributed by atoms with van der Waals surface area (Å²) in [6, 6.07) is 1.25. The smallest absolute Gasteiger partial charge is 0.147 e. The zero-order valence-corrected chi connectivity index (χ0v) is 9.93. The van der Waals surface area contributed by atoms with Gasteiger partial charge in [-0.3, -0.25) is 0 Å². The zero-order chi connectivity index (χ0) is 11.0. The Bertz CT molecular complexity index is 535. The third-order valence-corrected chi connectivity index (χ3v) is 2.96. The van der Waals surface area contributed by atoms with Crippen molar-refractivity contribution in [2.75, 3.05) is 7.11 Å². The van der Waals surface area contributed by atoms with Gasteiger partial charge in [0.25, 0.3) is 0 Å². The van der Waals surface area contributed by atoms with Gasteiger partial charge in [0.15, 0.2) is 0 Å². The lowest BCUT2D eigenvalue weighted by Crippen LogP contribution is -1.93. The fraction of sp³-hybridized carbons (Fsp3) is 0.111. The summed E-state index contributed by atoms with van der Waals surface area (Å²) in [5.74, 6) is -0.138. The third-order valence-electron chi connectivity index (χ3n) is 1.94. The van der Waals surface area contributed by atoms with Crippen LogP contribution in [0.15, 0.2) is 16.7 Å².